The number of likely N-dealkylation sites (N-methyl/N-ethyl adjacent to an activating group) is 1. The number of nitrogens with one attached hydrogen (secondary N) is 1. The van der Waals surface area contributed by atoms with Crippen molar-refractivity contribution < 1.29 is 14.6 Å². The van der Waals surface area contributed by atoms with Gasteiger partial charge >= 0.3 is 0 Å². The molecule has 0 aliphatic carbocycles. The molecule has 1 heterocycles. The van der Waals surface area contributed by atoms with E-state index in [1.165, 1.54) is 18.6 Å². The van der Waals surface area contributed by atoms with Crippen molar-refractivity contribution in [3.05, 3.63) is 63.8 Å². The van der Waals surface area contributed by atoms with Crippen LogP contribution >= 0.6 is 34.7 Å². The maximum atomic E-state index is 11.3. The van der Waals surface area contributed by atoms with Crippen LogP contribution < -0.4 is 10.1 Å². The predicted octanol–water partition coefficient (Wildman–Crippen LogP) is 4.54. The first-order valence-electron chi connectivity index (χ1n) is 8.02. The topological polar surface area (TPSA) is 71.5 Å². The van der Waals surface area contributed by atoms with Gasteiger partial charge in [0, 0.05) is 35.3 Å². The predicted molar refractivity (Wildman–Crippen MR) is 108 cm³/mol. The summed E-state index contributed by atoms with van der Waals surface area (Å²) in [6, 6.07) is 10.5. The summed E-state index contributed by atoms with van der Waals surface area (Å²) in [5.41, 5.74) is 2.40. The molecular formula is C19H16Cl2N2O3S. The highest BCUT2D eigenvalue weighted by atomic mass is 35.5. The Morgan fingerprint density at radius 2 is 1.96 bits per heavy atom. The summed E-state index contributed by atoms with van der Waals surface area (Å²) in [5.74, 6) is 0.373. The molecule has 0 saturated carbocycles. The lowest BCUT2D eigenvalue weighted by Gasteiger charge is -2.12. The molecule has 0 spiro atoms. The molecule has 2 N–H and O–H groups in total. The summed E-state index contributed by atoms with van der Waals surface area (Å²) in [7, 11) is 1.53. The Labute approximate surface area is 170 Å². The minimum atomic E-state index is -0.244. The zero-order chi connectivity index (χ0) is 19.4. The number of hydrogen-bond acceptors (Lipinski definition) is 5. The molecule has 0 aliphatic heterocycles. The highest BCUT2D eigenvalue weighted by Crippen LogP contribution is 2.35. The second-order valence-corrected chi connectivity index (χ2v) is 7.38. The molecule has 8 heteroatoms. The Morgan fingerprint density at radius 3 is 2.59 bits per heavy atom. The van der Waals surface area contributed by atoms with E-state index in [0.29, 0.717) is 27.8 Å². The Hall–Kier alpha value is -2.28. The van der Waals surface area contributed by atoms with Crippen LogP contribution in [0.3, 0.4) is 0 Å². The standard InChI is InChI=1S/C19H16Cl2N2O3S/c1-22-19(25)10-26-12-8-15(20)13(16(21)9-12)6-11-2-3-17(24)14(7-11)18-4-5-23-27-18/h2-5,7-9,24H,6,10H2,1H3,(H,22,25). The van der Waals surface area contributed by atoms with Gasteiger partial charge in [-0.1, -0.05) is 29.3 Å². The molecule has 0 fully saturated rings. The summed E-state index contributed by atoms with van der Waals surface area (Å²) >= 11 is 14.1. The minimum Gasteiger partial charge on any atom is -0.507 e. The average Bonchev–Trinajstić information content (AvgIpc) is 3.18. The van der Waals surface area contributed by atoms with Crippen molar-refractivity contribution in [3.8, 4) is 21.9 Å². The van der Waals surface area contributed by atoms with Gasteiger partial charge in [-0.05, 0) is 53.0 Å². The Bertz CT molecular complexity index is 939. The number of phenolic OH excluding ortho intramolecular Hbond substituents is 1. The van der Waals surface area contributed by atoms with Gasteiger partial charge in [0.1, 0.15) is 11.5 Å². The number of amides is 1. The molecule has 0 unspecified atom stereocenters. The molecule has 0 bridgehead atoms. The smallest absolute Gasteiger partial charge is 0.257 e. The zero-order valence-electron chi connectivity index (χ0n) is 14.3. The van der Waals surface area contributed by atoms with Gasteiger partial charge in [0.05, 0.1) is 4.88 Å². The van der Waals surface area contributed by atoms with E-state index in [1.807, 2.05) is 18.2 Å². The molecule has 0 saturated heterocycles. The normalized spacial score (nSPS) is 10.6. The van der Waals surface area contributed by atoms with Crippen molar-refractivity contribution in [2.45, 2.75) is 6.42 Å². The molecule has 0 aliphatic rings. The summed E-state index contributed by atoms with van der Waals surface area (Å²) in [4.78, 5) is 12.2. The van der Waals surface area contributed by atoms with Crippen molar-refractivity contribution in [1.29, 1.82) is 0 Å². The molecule has 1 aromatic heterocycles. The number of halogens is 2. The van der Waals surface area contributed by atoms with Crippen LogP contribution in [0.25, 0.3) is 10.4 Å². The number of aromatic nitrogens is 1. The van der Waals surface area contributed by atoms with Gasteiger partial charge in [-0.3, -0.25) is 4.79 Å². The number of nitrogens with zero attached hydrogens (tertiary/aromatic N) is 1. The van der Waals surface area contributed by atoms with Crippen LogP contribution in [0.2, 0.25) is 10.0 Å². The van der Waals surface area contributed by atoms with Crippen molar-refractivity contribution in [2.75, 3.05) is 13.7 Å². The van der Waals surface area contributed by atoms with Crippen molar-refractivity contribution >= 4 is 40.6 Å². The van der Waals surface area contributed by atoms with Gasteiger partial charge in [-0.2, -0.15) is 0 Å². The molecule has 1 amide bonds. The Balaban J connectivity index is 1.83. The zero-order valence-corrected chi connectivity index (χ0v) is 16.7. The van der Waals surface area contributed by atoms with Gasteiger partial charge in [-0.15, -0.1) is 0 Å². The number of rotatable bonds is 6. The maximum absolute atomic E-state index is 11.3. The third-order valence-corrected chi connectivity index (χ3v) is 5.36. The number of ether oxygens (including phenoxy) is 1. The SMILES string of the molecule is CNC(=O)COc1cc(Cl)c(Cc2ccc(O)c(-c3ccns3)c2)c(Cl)c1. The van der Waals surface area contributed by atoms with E-state index in [0.717, 1.165) is 16.0 Å². The van der Waals surface area contributed by atoms with Crippen LogP contribution in [0, 0.1) is 0 Å². The minimum absolute atomic E-state index is 0.112. The van der Waals surface area contributed by atoms with Crippen molar-refractivity contribution in [1.82, 2.24) is 9.69 Å². The number of carbonyl (C=O) groups is 1. The van der Waals surface area contributed by atoms with E-state index in [-0.39, 0.29) is 18.3 Å². The first kappa shape index (κ1) is 19.5. The maximum Gasteiger partial charge on any atom is 0.257 e. The first-order chi connectivity index (χ1) is 13.0. The van der Waals surface area contributed by atoms with Gasteiger partial charge in [-0.25, -0.2) is 4.37 Å². The van der Waals surface area contributed by atoms with E-state index >= 15 is 0 Å². The monoisotopic (exact) mass is 422 g/mol. The summed E-state index contributed by atoms with van der Waals surface area (Å²) in [6.45, 7) is -0.112. The summed E-state index contributed by atoms with van der Waals surface area (Å²) in [6.07, 6.45) is 2.18. The van der Waals surface area contributed by atoms with E-state index in [2.05, 4.69) is 9.69 Å². The van der Waals surface area contributed by atoms with Crippen LogP contribution in [0.1, 0.15) is 11.1 Å². The number of aromatic hydroxyl groups is 1. The van der Waals surface area contributed by atoms with E-state index in [4.69, 9.17) is 27.9 Å². The lowest BCUT2D eigenvalue weighted by Crippen LogP contribution is -2.24. The van der Waals surface area contributed by atoms with Crippen LogP contribution in [-0.4, -0.2) is 29.0 Å². The van der Waals surface area contributed by atoms with Gasteiger partial charge in [0.15, 0.2) is 6.61 Å². The van der Waals surface area contributed by atoms with Crippen molar-refractivity contribution in [2.24, 2.45) is 0 Å². The fourth-order valence-electron chi connectivity index (χ4n) is 2.50. The number of benzene rings is 2. The molecular weight excluding hydrogens is 407 g/mol. The van der Waals surface area contributed by atoms with E-state index in [9.17, 15) is 9.90 Å². The fourth-order valence-corrected chi connectivity index (χ4v) is 3.72. The second kappa shape index (κ2) is 8.61. The molecule has 0 atom stereocenters. The quantitative estimate of drug-likeness (QED) is 0.611. The van der Waals surface area contributed by atoms with Crippen LogP contribution in [0.5, 0.6) is 11.5 Å². The fraction of sp³-hybridized carbons (Fsp3) is 0.158. The van der Waals surface area contributed by atoms with Crippen LogP contribution in [0.4, 0.5) is 0 Å². The summed E-state index contributed by atoms with van der Waals surface area (Å²) < 4.78 is 9.46. The number of phenols is 1. The average molecular weight is 423 g/mol. The first-order valence-corrected chi connectivity index (χ1v) is 9.55. The number of carbonyl (C=O) groups excluding carboxylic acids is 1. The molecule has 2 aromatic carbocycles. The molecule has 27 heavy (non-hydrogen) atoms. The van der Waals surface area contributed by atoms with Gasteiger partial charge in [0.2, 0.25) is 0 Å². The van der Waals surface area contributed by atoms with E-state index < -0.39 is 0 Å². The van der Waals surface area contributed by atoms with Crippen LogP contribution in [0.15, 0.2) is 42.6 Å². The molecule has 5 nitrogen and oxygen atoms in total. The molecule has 140 valence electrons. The van der Waals surface area contributed by atoms with Gasteiger partial charge in [0.25, 0.3) is 5.91 Å². The third-order valence-electron chi connectivity index (χ3n) is 3.91. The number of hydrogen-bond donors (Lipinski definition) is 2. The second-order valence-electron chi connectivity index (χ2n) is 5.73. The molecule has 3 aromatic rings. The van der Waals surface area contributed by atoms with E-state index in [1.54, 1.807) is 24.4 Å². The molecule has 3 rings (SSSR count). The molecule has 0 radical (unpaired) electrons. The lowest BCUT2D eigenvalue weighted by molar-refractivity contribution is -0.122. The Morgan fingerprint density at radius 1 is 1.22 bits per heavy atom. The lowest BCUT2D eigenvalue weighted by atomic mass is 10.0. The van der Waals surface area contributed by atoms with Crippen LogP contribution in [-0.2, 0) is 11.2 Å². The largest absolute Gasteiger partial charge is 0.507 e. The third kappa shape index (κ3) is 4.71. The van der Waals surface area contributed by atoms with Gasteiger partial charge < -0.3 is 15.2 Å². The van der Waals surface area contributed by atoms with Crippen molar-refractivity contribution in [3.63, 3.8) is 0 Å². The summed E-state index contributed by atoms with van der Waals surface area (Å²) in [5, 5.41) is 13.5. The Kier molecular flexibility index (Phi) is 6.21. The highest BCUT2D eigenvalue weighted by Gasteiger charge is 2.13. The highest BCUT2D eigenvalue weighted by molar-refractivity contribution is 7.09.